The van der Waals surface area contributed by atoms with Gasteiger partial charge in [0.05, 0.1) is 11.0 Å². The predicted octanol–water partition coefficient (Wildman–Crippen LogP) is 7.47. The van der Waals surface area contributed by atoms with E-state index < -0.39 is 6.36 Å². The molecule has 31 heavy (non-hydrogen) atoms. The van der Waals surface area contributed by atoms with Gasteiger partial charge in [-0.25, -0.2) is 4.98 Å². The van der Waals surface area contributed by atoms with Crippen LogP contribution in [0.15, 0.2) is 48.5 Å². The summed E-state index contributed by atoms with van der Waals surface area (Å²) >= 11 is 0. The van der Waals surface area contributed by atoms with Crippen molar-refractivity contribution in [1.82, 2.24) is 9.55 Å². The van der Waals surface area contributed by atoms with Crippen molar-refractivity contribution in [2.45, 2.75) is 65.3 Å². The van der Waals surface area contributed by atoms with E-state index in [1.807, 2.05) is 18.2 Å². The van der Waals surface area contributed by atoms with Gasteiger partial charge in [0.1, 0.15) is 11.6 Å². The number of alkyl halides is 3. The van der Waals surface area contributed by atoms with Gasteiger partial charge in [-0.3, -0.25) is 0 Å². The standard InChI is InChI=1S/C25H29F3N2O/c1-16-13-19(15-24(3,4)14-16)30-22-8-6-5-7-21(22)29-23(30)17(2)18-9-11-20(12-10-18)31-25(26,27)28/h5-12,16-17,19H,13-15H2,1-4H3. The third kappa shape index (κ3) is 4.73. The molecule has 1 aliphatic rings. The van der Waals surface area contributed by atoms with Gasteiger partial charge >= 0.3 is 6.36 Å². The van der Waals surface area contributed by atoms with Crippen molar-refractivity contribution in [3.63, 3.8) is 0 Å². The Morgan fingerprint density at radius 2 is 1.74 bits per heavy atom. The normalized spacial score (nSPS) is 22.4. The van der Waals surface area contributed by atoms with E-state index in [-0.39, 0.29) is 17.1 Å². The first-order valence-electron chi connectivity index (χ1n) is 10.8. The zero-order chi connectivity index (χ0) is 22.4. The highest BCUT2D eigenvalue weighted by atomic mass is 19.4. The molecule has 3 nitrogen and oxygen atoms in total. The zero-order valence-corrected chi connectivity index (χ0v) is 18.4. The number of hydrogen-bond donors (Lipinski definition) is 0. The fourth-order valence-electron chi connectivity index (χ4n) is 5.35. The molecular weight excluding hydrogens is 401 g/mol. The largest absolute Gasteiger partial charge is 0.573 e. The van der Waals surface area contributed by atoms with Crippen LogP contribution in [-0.2, 0) is 0 Å². The second-order valence-electron chi connectivity index (χ2n) is 9.73. The molecule has 1 heterocycles. The lowest BCUT2D eigenvalue weighted by Crippen LogP contribution is -2.30. The van der Waals surface area contributed by atoms with Crippen LogP contribution in [0, 0.1) is 11.3 Å². The molecule has 3 atom stereocenters. The SMILES string of the molecule is CC1CC(n2c(C(C)c3ccc(OC(F)(F)F)cc3)nc3ccccc32)CC(C)(C)C1. The molecule has 1 saturated carbocycles. The summed E-state index contributed by atoms with van der Waals surface area (Å²) in [6, 6.07) is 14.7. The van der Waals surface area contributed by atoms with Gasteiger partial charge in [0.25, 0.3) is 0 Å². The predicted molar refractivity (Wildman–Crippen MR) is 116 cm³/mol. The molecule has 0 saturated heterocycles. The second-order valence-corrected chi connectivity index (χ2v) is 9.73. The van der Waals surface area contributed by atoms with Gasteiger partial charge in [0, 0.05) is 12.0 Å². The number of fused-ring (bicyclic) bond motifs is 1. The monoisotopic (exact) mass is 430 g/mol. The molecule has 0 N–H and O–H groups in total. The van der Waals surface area contributed by atoms with Crippen molar-refractivity contribution in [3.8, 4) is 5.75 Å². The van der Waals surface area contributed by atoms with Crippen molar-refractivity contribution < 1.29 is 17.9 Å². The summed E-state index contributed by atoms with van der Waals surface area (Å²) in [5, 5.41) is 0. The van der Waals surface area contributed by atoms with E-state index in [4.69, 9.17) is 4.98 Å². The Balaban J connectivity index is 1.73. The van der Waals surface area contributed by atoms with Gasteiger partial charge in [-0.1, -0.05) is 52.0 Å². The first-order valence-corrected chi connectivity index (χ1v) is 10.8. The molecule has 6 heteroatoms. The molecule has 166 valence electrons. The van der Waals surface area contributed by atoms with E-state index in [0.717, 1.165) is 35.3 Å². The first-order chi connectivity index (χ1) is 14.5. The van der Waals surface area contributed by atoms with Crippen molar-refractivity contribution >= 4 is 11.0 Å². The van der Waals surface area contributed by atoms with Crippen molar-refractivity contribution in [1.29, 1.82) is 0 Å². The van der Waals surface area contributed by atoms with E-state index >= 15 is 0 Å². The van der Waals surface area contributed by atoms with E-state index in [1.165, 1.54) is 18.6 Å². The van der Waals surface area contributed by atoms with Gasteiger partial charge in [-0.05, 0) is 60.4 Å². The fraction of sp³-hybridized carbons (Fsp3) is 0.480. The van der Waals surface area contributed by atoms with Gasteiger partial charge in [-0.2, -0.15) is 0 Å². The van der Waals surface area contributed by atoms with Crippen LogP contribution in [0.25, 0.3) is 11.0 Å². The van der Waals surface area contributed by atoms with Crippen LogP contribution in [0.2, 0.25) is 0 Å². The number of rotatable bonds is 4. The van der Waals surface area contributed by atoms with Crippen molar-refractivity contribution in [3.05, 3.63) is 59.9 Å². The van der Waals surface area contributed by atoms with Crippen molar-refractivity contribution in [2.75, 3.05) is 0 Å². The topological polar surface area (TPSA) is 27.1 Å². The number of aromatic nitrogens is 2. The highest BCUT2D eigenvalue weighted by Crippen LogP contribution is 2.46. The van der Waals surface area contributed by atoms with Crippen LogP contribution in [0.1, 0.15) is 70.3 Å². The Morgan fingerprint density at radius 3 is 2.39 bits per heavy atom. The van der Waals surface area contributed by atoms with Gasteiger partial charge in [-0.15, -0.1) is 13.2 Å². The Hall–Kier alpha value is -2.50. The van der Waals surface area contributed by atoms with Gasteiger partial charge < -0.3 is 9.30 Å². The number of hydrogen-bond acceptors (Lipinski definition) is 2. The van der Waals surface area contributed by atoms with Gasteiger partial charge in [0.15, 0.2) is 0 Å². The van der Waals surface area contributed by atoms with Crippen LogP contribution in [0.5, 0.6) is 5.75 Å². The maximum atomic E-state index is 12.5. The minimum Gasteiger partial charge on any atom is -0.406 e. The van der Waals surface area contributed by atoms with Crippen molar-refractivity contribution in [2.24, 2.45) is 11.3 Å². The summed E-state index contributed by atoms with van der Waals surface area (Å²) < 4.78 is 43.9. The Kier molecular flexibility index (Phi) is 5.52. The van der Waals surface area contributed by atoms with E-state index in [1.54, 1.807) is 12.1 Å². The first kappa shape index (κ1) is 21.7. The smallest absolute Gasteiger partial charge is 0.406 e. The van der Waals surface area contributed by atoms with Crippen LogP contribution >= 0.6 is 0 Å². The van der Waals surface area contributed by atoms with Crippen LogP contribution < -0.4 is 4.74 Å². The Bertz CT molecular complexity index is 1050. The lowest BCUT2D eigenvalue weighted by molar-refractivity contribution is -0.274. The minimum absolute atomic E-state index is 0.0623. The summed E-state index contributed by atoms with van der Waals surface area (Å²) in [5.74, 6) is 1.31. The van der Waals surface area contributed by atoms with E-state index in [0.29, 0.717) is 12.0 Å². The number of imidazole rings is 1. The Morgan fingerprint density at radius 1 is 1.06 bits per heavy atom. The summed E-state index contributed by atoms with van der Waals surface area (Å²) in [6.07, 6.45) is -1.30. The molecule has 1 aliphatic carbocycles. The highest BCUT2D eigenvalue weighted by Gasteiger charge is 2.35. The van der Waals surface area contributed by atoms with E-state index in [2.05, 4.69) is 43.1 Å². The zero-order valence-electron chi connectivity index (χ0n) is 18.4. The fourth-order valence-corrected chi connectivity index (χ4v) is 5.35. The molecule has 2 aromatic carbocycles. The molecule has 0 amide bonds. The average molecular weight is 431 g/mol. The average Bonchev–Trinajstić information content (AvgIpc) is 3.05. The summed E-state index contributed by atoms with van der Waals surface area (Å²) in [6.45, 7) is 9.04. The van der Waals surface area contributed by atoms with Crippen LogP contribution in [0.3, 0.4) is 0 Å². The number of para-hydroxylation sites is 2. The summed E-state index contributed by atoms with van der Waals surface area (Å²) in [4.78, 5) is 4.97. The molecule has 0 bridgehead atoms. The maximum Gasteiger partial charge on any atom is 0.573 e. The summed E-state index contributed by atoms with van der Waals surface area (Å²) in [7, 11) is 0. The minimum atomic E-state index is -4.69. The van der Waals surface area contributed by atoms with Gasteiger partial charge in [0.2, 0.25) is 0 Å². The molecule has 1 fully saturated rings. The molecule has 0 aliphatic heterocycles. The lowest BCUT2D eigenvalue weighted by Gasteiger charge is -2.40. The molecule has 4 rings (SSSR count). The highest BCUT2D eigenvalue weighted by molar-refractivity contribution is 5.76. The number of nitrogens with zero attached hydrogens (tertiary/aromatic N) is 2. The second kappa shape index (κ2) is 7.88. The molecule has 3 unspecified atom stereocenters. The molecule has 0 radical (unpaired) electrons. The third-order valence-electron chi connectivity index (χ3n) is 6.35. The third-order valence-corrected chi connectivity index (χ3v) is 6.35. The number of benzene rings is 2. The lowest BCUT2D eigenvalue weighted by atomic mass is 9.70. The summed E-state index contributed by atoms with van der Waals surface area (Å²) in [5.41, 5.74) is 3.24. The Labute approximate surface area is 181 Å². The quantitative estimate of drug-likeness (QED) is 0.429. The molecular formula is C25H29F3N2O. The number of ether oxygens (including phenoxy) is 1. The molecule has 3 aromatic rings. The van der Waals surface area contributed by atoms with E-state index in [9.17, 15) is 13.2 Å². The molecule has 1 aromatic heterocycles. The maximum absolute atomic E-state index is 12.5. The number of halogens is 3. The van der Waals surface area contributed by atoms with Crippen LogP contribution in [-0.4, -0.2) is 15.9 Å². The molecule has 0 spiro atoms. The van der Waals surface area contributed by atoms with Crippen LogP contribution in [0.4, 0.5) is 13.2 Å².